The van der Waals surface area contributed by atoms with Crippen molar-refractivity contribution in [1.29, 1.82) is 0 Å². The molecule has 1 aromatic carbocycles. The molecule has 10 nitrogen and oxygen atoms in total. The molecular formula is C27H34N6O4S. The van der Waals surface area contributed by atoms with Gasteiger partial charge in [0.15, 0.2) is 0 Å². The molecule has 0 aliphatic carbocycles. The summed E-state index contributed by atoms with van der Waals surface area (Å²) in [6.45, 7) is 3.82. The van der Waals surface area contributed by atoms with Crippen molar-refractivity contribution >= 4 is 50.2 Å². The monoisotopic (exact) mass is 538 g/mol. The van der Waals surface area contributed by atoms with Crippen molar-refractivity contribution in [2.24, 2.45) is 5.41 Å². The standard InChI is InChI=1S/C27H34N6O4S/c1-28-26(37)29-22-21(19-7-2-3-8-20(19)38-22)23(34)30-15-9-18(10-16-30)31-12-6-11-27(17-31)24(35)32-13-4-5-14-33(32)25(27)36/h2-3,7-8,18H,4-6,9-17H2,1H3,(H2,28,29,37). The first-order chi connectivity index (χ1) is 18.4. The van der Waals surface area contributed by atoms with Gasteiger partial charge >= 0.3 is 6.03 Å². The Morgan fingerprint density at radius 1 is 0.947 bits per heavy atom. The van der Waals surface area contributed by atoms with E-state index >= 15 is 0 Å². The highest BCUT2D eigenvalue weighted by Crippen LogP contribution is 2.42. The minimum absolute atomic E-state index is 0.0139. The normalized spacial score (nSPS) is 22.3. The lowest BCUT2D eigenvalue weighted by molar-refractivity contribution is -0.150. The van der Waals surface area contributed by atoms with Crippen LogP contribution < -0.4 is 10.6 Å². The van der Waals surface area contributed by atoms with E-state index in [4.69, 9.17) is 0 Å². The fourth-order valence-electron chi connectivity index (χ4n) is 6.63. The average Bonchev–Trinajstić information content (AvgIpc) is 3.41. The number of hydrazine groups is 1. The van der Waals surface area contributed by atoms with E-state index in [1.54, 1.807) is 17.1 Å². The van der Waals surface area contributed by atoms with E-state index < -0.39 is 5.41 Å². The summed E-state index contributed by atoms with van der Waals surface area (Å²) in [4.78, 5) is 56.8. The van der Waals surface area contributed by atoms with Crippen LogP contribution in [-0.2, 0) is 9.59 Å². The Morgan fingerprint density at radius 2 is 1.63 bits per heavy atom. The van der Waals surface area contributed by atoms with Crippen molar-refractivity contribution in [3.63, 3.8) is 0 Å². The van der Waals surface area contributed by atoms with Gasteiger partial charge in [-0.05, 0) is 51.1 Å². The highest BCUT2D eigenvalue weighted by molar-refractivity contribution is 7.23. The van der Waals surface area contributed by atoms with E-state index in [0.29, 0.717) is 49.7 Å². The van der Waals surface area contributed by atoms with Gasteiger partial charge in [0.05, 0.1) is 5.56 Å². The van der Waals surface area contributed by atoms with Crippen molar-refractivity contribution in [3.8, 4) is 0 Å². The highest BCUT2D eigenvalue weighted by Gasteiger charge is 2.60. The number of anilines is 1. The smallest absolute Gasteiger partial charge is 0.319 e. The molecule has 0 saturated carbocycles. The van der Waals surface area contributed by atoms with Crippen LogP contribution in [0.15, 0.2) is 24.3 Å². The molecule has 1 spiro atoms. The third kappa shape index (κ3) is 4.03. The first kappa shape index (κ1) is 25.1. The van der Waals surface area contributed by atoms with E-state index in [1.165, 1.54) is 11.3 Å². The van der Waals surface area contributed by atoms with Crippen LogP contribution >= 0.6 is 11.3 Å². The van der Waals surface area contributed by atoms with Crippen LogP contribution in [0, 0.1) is 5.41 Å². The number of nitrogens with one attached hydrogen (secondary N) is 2. The fourth-order valence-corrected chi connectivity index (χ4v) is 7.72. The van der Waals surface area contributed by atoms with Gasteiger partial charge in [-0.1, -0.05) is 18.2 Å². The lowest BCUT2D eigenvalue weighted by Crippen LogP contribution is -2.56. The first-order valence-electron chi connectivity index (χ1n) is 13.6. The van der Waals surface area contributed by atoms with E-state index in [-0.39, 0.29) is 29.8 Å². The van der Waals surface area contributed by atoms with Crippen LogP contribution in [0.3, 0.4) is 0 Å². The Bertz CT molecular complexity index is 1260. The number of likely N-dealkylation sites (tertiary alicyclic amines) is 2. The number of thiophene rings is 1. The maximum Gasteiger partial charge on any atom is 0.319 e. The van der Waals surface area contributed by atoms with Gasteiger partial charge in [0.2, 0.25) is 0 Å². The van der Waals surface area contributed by atoms with Gasteiger partial charge in [-0.15, -0.1) is 11.3 Å². The zero-order valence-electron chi connectivity index (χ0n) is 21.7. The second-order valence-electron chi connectivity index (χ2n) is 10.7. The number of rotatable bonds is 3. The van der Waals surface area contributed by atoms with E-state index in [2.05, 4.69) is 15.5 Å². The minimum atomic E-state index is -0.939. The summed E-state index contributed by atoms with van der Waals surface area (Å²) in [5.74, 6) is -0.103. The van der Waals surface area contributed by atoms with Crippen molar-refractivity contribution in [3.05, 3.63) is 29.8 Å². The van der Waals surface area contributed by atoms with Gasteiger partial charge < -0.3 is 10.2 Å². The van der Waals surface area contributed by atoms with Crippen LogP contribution in [0.5, 0.6) is 0 Å². The number of hydrogen-bond acceptors (Lipinski definition) is 6. The summed E-state index contributed by atoms with van der Waals surface area (Å²) >= 11 is 1.40. The van der Waals surface area contributed by atoms with E-state index in [1.807, 2.05) is 29.2 Å². The molecule has 38 heavy (non-hydrogen) atoms. The van der Waals surface area contributed by atoms with E-state index in [0.717, 1.165) is 48.7 Å². The Hall–Kier alpha value is -3.18. The quantitative estimate of drug-likeness (QED) is 0.585. The van der Waals surface area contributed by atoms with Crippen LogP contribution in [-0.4, -0.2) is 95.9 Å². The van der Waals surface area contributed by atoms with Gasteiger partial charge in [0, 0.05) is 55.9 Å². The molecule has 4 aliphatic heterocycles. The molecule has 4 fully saturated rings. The summed E-state index contributed by atoms with van der Waals surface area (Å²) in [5.41, 5.74) is -0.400. The number of benzene rings is 1. The van der Waals surface area contributed by atoms with Crippen LogP contribution in [0.2, 0.25) is 0 Å². The number of hydrogen-bond donors (Lipinski definition) is 2. The topological polar surface area (TPSA) is 105 Å². The SMILES string of the molecule is CNC(=O)Nc1sc2ccccc2c1C(=O)N1CCC(N2CCCC3(C2)C(=O)N2CCCCN2C3=O)CC1. The molecular weight excluding hydrogens is 504 g/mol. The molecule has 4 saturated heterocycles. The Balaban J connectivity index is 1.16. The molecule has 2 aromatic rings. The van der Waals surface area contributed by atoms with E-state index in [9.17, 15) is 19.2 Å². The molecule has 0 radical (unpaired) electrons. The number of carbonyl (C=O) groups excluding carboxylic acids is 4. The Labute approximate surface area is 225 Å². The average molecular weight is 539 g/mol. The molecule has 2 N–H and O–H groups in total. The minimum Gasteiger partial charge on any atom is -0.341 e. The summed E-state index contributed by atoms with van der Waals surface area (Å²) < 4.78 is 0.952. The van der Waals surface area contributed by atoms with Crippen LogP contribution in [0.1, 0.15) is 48.9 Å². The second kappa shape index (κ2) is 9.85. The third-order valence-corrected chi connectivity index (χ3v) is 9.71. The van der Waals surface area contributed by atoms with Gasteiger partial charge in [-0.25, -0.2) is 4.79 Å². The number of nitrogens with zero attached hydrogens (tertiary/aromatic N) is 4. The maximum atomic E-state index is 13.7. The van der Waals surface area contributed by atoms with Gasteiger partial charge in [0.25, 0.3) is 17.7 Å². The summed E-state index contributed by atoms with van der Waals surface area (Å²) in [6, 6.07) is 7.59. The predicted molar refractivity (Wildman–Crippen MR) is 145 cm³/mol. The molecule has 0 bridgehead atoms. The summed E-state index contributed by atoms with van der Waals surface area (Å²) in [7, 11) is 1.55. The lowest BCUT2D eigenvalue weighted by Gasteiger charge is -2.44. The van der Waals surface area contributed by atoms with Crippen LogP contribution in [0.25, 0.3) is 10.1 Å². The zero-order chi connectivity index (χ0) is 26.4. The van der Waals surface area contributed by atoms with Gasteiger partial charge in [-0.3, -0.25) is 34.6 Å². The van der Waals surface area contributed by atoms with Crippen molar-refractivity contribution in [1.82, 2.24) is 25.1 Å². The fraction of sp³-hybridized carbons (Fsp3) is 0.556. The number of amides is 5. The third-order valence-electron chi connectivity index (χ3n) is 8.62. The number of piperidine rings is 2. The first-order valence-corrected chi connectivity index (χ1v) is 14.4. The zero-order valence-corrected chi connectivity index (χ0v) is 22.5. The predicted octanol–water partition coefficient (Wildman–Crippen LogP) is 2.72. The molecule has 6 rings (SSSR count). The Morgan fingerprint density at radius 3 is 2.32 bits per heavy atom. The molecule has 4 aliphatic rings. The van der Waals surface area contributed by atoms with Crippen molar-refractivity contribution in [2.45, 2.75) is 44.6 Å². The van der Waals surface area contributed by atoms with Crippen molar-refractivity contribution < 1.29 is 19.2 Å². The number of fused-ring (bicyclic) bond motifs is 2. The molecule has 0 unspecified atom stereocenters. The highest BCUT2D eigenvalue weighted by atomic mass is 32.1. The second-order valence-corrected chi connectivity index (χ2v) is 11.8. The molecule has 202 valence electrons. The maximum absolute atomic E-state index is 13.7. The number of carbonyl (C=O) groups is 4. The summed E-state index contributed by atoms with van der Waals surface area (Å²) in [6.07, 6.45) is 4.92. The van der Waals surface area contributed by atoms with Crippen molar-refractivity contribution in [2.75, 3.05) is 51.6 Å². The molecule has 5 heterocycles. The summed E-state index contributed by atoms with van der Waals surface area (Å²) in [5, 5.41) is 10.2. The largest absolute Gasteiger partial charge is 0.341 e. The van der Waals surface area contributed by atoms with Crippen LogP contribution in [0.4, 0.5) is 9.80 Å². The molecule has 5 amide bonds. The van der Waals surface area contributed by atoms with Gasteiger partial charge in [-0.2, -0.15) is 0 Å². The number of urea groups is 1. The van der Waals surface area contributed by atoms with Gasteiger partial charge in [0.1, 0.15) is 10.4 Å². The molecule has 11 heteroatoms. The lowest BCUT2D eigenvalue weighted by atomic mass is 9.78. The molecule has 0 atom stereocenters. The molecule has 1 aromatic heterocycles. The Kier molecular flexibility index (Phi) is 6.51.